The molecule has 0 aliphatic carbocycles. The summed E-state index contributed by atoms with van der Waals surface area (Å²) in [6.45, 7) is 4.55. The topological polar surface area (TPSA) is 59.0 Å². The smallest absolute Gasteiger partial charge is 0.224 e. The van der Waals surface area contributed by atoms with E-state index in [1.54, 1.807) is 12.5 Å². The molecule has 0 radical (unpaired) electrons. The van der Waals surface area contributed by atoms with E-state index in [0.29, 0.717) is 0 Å². The van der Waals surface area contributed by atoms with Crippen LogP contribution in [0.1, 0.15) is 13.3 Å². The van der Waals surface area contributed by atoms with Crippen molar-refractivity contribution in [1.29, 1.82) is 0 Å². The maximum Gasteiger partial charge on any atom is 0.224 e. The van der Waals surface area contributed by atoms with Gasteiger partial charge in [-0.15, -0.1) is 0 Å². The summed E-state index contributed by atoms with van der Waals surface area (Å²) in [4.78, 5) is 15.8. The van der Waals surface area contributed by atoms with E-state index in [4.69, 9.17) is 0 Å². The quantitative estimate of drug-likeness (QED) is 0.753. The number of amides is 1. The van der Waals surface area contributed by atoms with Gasteiger partial charge in [0.2, 0.25) is 5.91 Å². The average Bonchev–Trinajstić information content (AvgIpc) is 2.88. The van der Waals surface area contributed by atoms with Crippen molar-refractivity contribution >= 4 is 5.91 Å². The monoisotopic (exact) mass is 222 g/mol. The molecule has 1 aromatic heterocycles. The first-order valence-corrected chi connectivity index (χ1v) is 5.72. The largest absolute Gasteiger partial charge is 0.352 e. The molecule has 1 fully saturated rings. The van der Waals surface area contributed by atoms with Crippen molar-refractivity contribution in [3.63, 3.8) is 0 Å². The van der Waals surface area contributed by atoms with Crippen LogP contribution in [0.25, 0.3) is 0 Å². The van der Waals surface area contributed by atoms with Crippen LogP contribution in [-0.2, 0) is 11.3 Å². The van der Waals surface area contributed by atoms with Crippen molar-refractivity contribution in [3.8, 4) is 0 Å². The van der Waals surface area contributed by atoms with Gasteiger partial charge in [-0.25, -0.2) is 4.98 Å². The molecule has 0 bridgehead atoms. The fraction of sp³-hybridized carbons (Fsp3) is 0.636. The summed E-state index contributed by atoms with van der Waals surface area (Å²) >= 11 is 0. The molecule has 2 rings (SSSR count). The summed E-state index contributed by atoms with van der Waals surface area (Å²) in [6, 6.07) is 0.141. The molecule has 2 heterocycles. The number of carbonyl (C=O) groups is 1. The van der Waals surface area contributed by atoms with Gasteiger partial charge < -0.3 is 15.2 Å². The predicted molar refractivity (Wildman–Crippen MR) is 60.8 cm³/mol. The van der Waals surface area contributed by atoms with Crippen molar-refractivity contribution < 1.29 is 4.79 Å². The van der Waals surface area contributed by atoms with Crippen LogP contribution in [0.2, 0.25) is 0 Å². The molecule has 1 saturated heterocycles. The van der Waals surface area contributed by atoms with Gasteiger partial charge in [0.05, 0.1) is 12.2 Å². The number of nitrogens with zero attached hydrogens (tertiary/aromatic N) is 2. The SMILES string of the molecule is CC(Cn1ccnc1)NC(=O)C1CCNC1. The van der Waals surface area contributed by atoms with E-state index in [2.05, 4.69) is 15.6 Å². The Labute approximate surface area is 95.2 Å². The molecule has 0 spiro atoms. The van der Waals surface area contributed by atoms with Gasteiger partial charge in [-0.3, -0.25) is 4.79 Å². The molecule has 1 aliphatic heterocycles. The second-order valence-corrected chi connectivity index (χ2v) is 4.36. The van der Waals surface area contributed by atoms with Gasteiger partial charge in [-0.1, -0.05) is 0 Å². The molecule has 0 aromatic carbocycles. The number of rotatable bonds is 4. The zero-order valence-electron chi connectivity index (χ0n) is 9.52. The molecule has 0 saturated carbocycles. The molecule has 16 heavy (non-hydrogen) atoms. The number of hydrogen-bond acceptors (Lipinski definition) is 3. The molecule has 1 aliphatic rings. The van der Waals surface area contributed by atoms with Crippen LogP contribution < -0.4 is 10.6 Å². The summed E-state index contributed by atoms with van der Waals surface area (Å²) in [5.41, 5.74) is 0. The Morgan fingerprint density at radius 3 is 3.25 bits per heavy atom. The van der Waals surface area contributed by atoms with Gasteiger partial charge in [-0.2, -0.15) is 0 Å². The Hall–Kier alpha value is -1.36. The molecular weight excluding hydrogens is 204 g/mol. The highest BCUT2D eigenvalue weighted by Gasteiger charge is 2.23. The van der Waals surface area contributed by atoms with Crippen LogP contribution in [0, 0.1) is 5.92 Å². The predicted octanol–water partition coefficient (Wildman–Crippen LogP) is -0.00270. The summed E-state index contributed by atoms with van der Waals surface area (Å²) in [6.07, 6.45) is 6.36. The molecule has 1 amide bonds. The third-order valence-corrected chi connectivity index (χ3v) is 2.86. The molecule has 2 N–H and O–H groups in total. The lowest BCUT2D eigenvalue weighted by atomic mass is 10.1. The Bertz CT molecular complexity index is 330. The minimum atomic E-state index is 0.141. The first-order valence-electron chi connectivity index (χ1n) is 5.72. The number of imidazole rings is 1. The van der Waals surface area contributed by atoms with E-state index in [-0.39, 0.29) is 17.9 Å². The Balaban J connectivity index is 1.78. The Morgan fingerprint density at radius 1 is 1.75 bits per heavy atom. The highest BCUT2D eigenvalue weighted by molar-refractivity contribution is 5.79. The van der Waals surface area contributed by atoms with Crippen LogP contribution in [0.15, 0.2) is 18.7 Å². The number of aromatic nitrogens is 2. The van der Waals surface area contributed by atoms with Crippen LogP contribution in [0.3, 0.4) is 0 Å². The maximum absolute atomic E-state index is 11.8. The van der Waals surface area contributed by atoms with Crippen molar-refractivity contribution in [2.45, 2.75) is 25.9 Å². The van der Waals surface area contributed by atoms with Crippen molar-refractivity contribution in [2.75, 3.05) is 13.1 Å². The van der Waals surface area contributed by atoms with E-state index < -0.39 is 0 Å². The third kappa shape index (κ3) is 2.82. The number of carbonyl (C=O) groups excluding carboxylic acids is 1. The maximum atomic E-state index is 11.8. The fourth-order valence-corrected chi connectivity index (χ4v) is 2.00. The lowest BCUT2D eigenvalue weighted by molar-refractivity contribution is -0.125. The normalized spacial score (nSPS) is 21.9. The Morgan fingerprint density at radius 2 is 2.62 bits per heavy atom. The summed E-state index contributed by atoms with van der Waals surface area (Å²) < 4.78 is 1.97. The van der Waals surface area contributed by atoms with E-state index in [1.807, 2.05) is 17.7 Å². The standard InChI is InChI=1S/C11H18N4O/c1-9(7-15-5-4-13-8-15)14-11(16)10-2-3-12-6-10/h4-5,8-10,12H,2-3,6-7H2,1H3,(H,14,16). The minimum absolute atomic E-state index is 0.141. The average molecular weight is 222 g/mol. The van der Waals surface area contributed by atoms with Crippen molar-refractivity contribution in [1.82, 2.24) is 20.2 Å². The van der Waals surface area contributed by atoms with Gasteiger partial charge in [0, 0.05) is 31.5 Å². The number of hydrogen-bond donors (Lipinski definition) is 2. The molecule has 5 nitrogen and oxygen atoms in total. The van der Waals surface area contributed by atoms with Gasteiger partial charge in [0.15, 0.2) is 0 Å². The summed E-state index contributed by atoms with van der Waals surface area (Å²) in [5.74, 6) is 0.308. The van der Waals surface area contributed by atoms with E-state index in [1.165, 1.54) is 0 Å². The first-order chi connectivity index (χ1) is 7.75. The van der Waals surface area contributed by atoms with Gasteiger partial charge in [-0.05, 0) is 19.9 Å². The zero-order valence-corrected chi connectivity index (χ0v) is 9.52. The van der Waals surface area contributed by atoms with E-state index in [0.717, 1.165) is 26.1 Å². The molecule has 1 aromatic rings. The van der Waals surface area contributed by atoms with E-state index >= 15 is 0 Å². The minimum Gasteiger partial charge on any atom is -0.352 e. The molecular formula is C11H18N4O. The van der Waals surface area contributed by atoms with Crippen LogP contribution in [0.4, 0.5) is 0 Å². The van der Waals surface area contributed by atoms with Crippen molar-refractivity contribution in [2.24, 2.45) is 5.92 Å². The van der Waals surface area contributed by atoms with E-state index in [9.17, 15) is 4.79 Å². The highest BCUT2D eigenvalue weighted by atomic mass is 16.2. The molecule has 5 heteroatoms. The lowest BCUT2D eigenvalue weighted by Gasteiger charge is -2.16. The first kappa shape index (κ1) is 11.1. The van der Waals surface area contributed by atoms with Crippen LogP contribution in [0.5, 0.6) is 0 Å². The summed E-state index contributed by atoms with van der Waals surface area (Å²) in [7, 11) is 0. The van der Waals surface area contributed by atoms with Gasteiger partial charge >= 0.3 is 0 Å². The second kappa shape index (κ2) is 5.12. The van der Waals surface area contributed by atoms with Crippen LogP contribution in [-0.4, -0.2) is 34.6 Å². The Kier molecular flexibility index (Phi) is 3.56. The fourth-order valence-electron chi connectivity index (χ4n) is 2.00. The second-order valence-electron chi connectivity index (χ2n) is 4.36. The molecule has 2 atom stereocenters. The third-order valence-electron chi connectivity index (χ3n) is 2.86. The van der Waals surface area contributed by atoms with Gasteiger partial charge in [0.1, 0.15) is 0 Å². The van der Waals surface area contributed by atoms with Gasteiger partial charge in [0.25, 0.3) is 0 Å². The highest BCUT2D eigenvalue weighted by Crippen LogP contribution is 2.07. The lowest BCUT2D eigenvalue weighted by Crippen LogP contribution is -2.40. The molecule has 2 unspecified atom stereocenters. The van der Waals surface area contributed by atoms with Crippen molar-refractivity contribution in [3.05, 3.63) is 18.7 Å². The summed E-state index contributed by atoms with van der Waals surface area (Å²) in [5, 5.41) is 6.23. The van der Waals surface area contributed by atoms with Crippen LogP contribution >= 0.6 is 0 Å². The number of nitrogens with one attached hydrogen (secondary N) is 2. The molecule has 88 valence electrons. The zero-order chi connectivity index (χ0) is 11.4.